The molecule has 1 N–H and O–H groups in total. The number of nitrogens with one attached hydrogen (secondary N) is 1. The molecule has 6 heteroatoms. The molecule has 0 spiro atoms. The Balaban J connectivity index is 1.79. The van der Waals surface area contributed by atoms with Crippen LogP contribution >= 0.6 is 12.2 Å². The first-order chi connectivity index (χ1) is 15.9. The lowest BCUT2D eigenvalue weighted by molar-refractivity contribution is -0.122. The summed E-state index contributed by atoms with van der Waals surface area (Å²) in [5, 5.41) is 2.81. The van der Waals surface area contributed by atoms with Crippen molar-refractivity contribution in [2.24, 2.45) is 0 Å². The van der Waals surface area contributed by atoms with E-state index in [4.69, 9.17) is 12.2 Å². The second-order valence-corrected chi connectivity index (χ2v) is 10.6. The molecule has 1 fully saturated rings. The number of hydrogen-bond acceptors (Lipinski definition) is 4. The molecular formula is C28H33N3O2S. The minimum absolute atomic E-state index is 0.0783. The van der Waals surface area contributed by atoms with Gasteiger partial charge in [-0.25, -0.2) is 0 Å². The van der Waals surface area contributed by atoms with E-state index >= 15 is 0 Å². The van der Waals surface area contributed by atoms with Crippen molar-refractivity contribution >= 4 is 46.6 Å². The molecule has 2 aliphatic rings. The second-order valence-electron chi connectivity index (χ2n) is 10.2. The van der Waals surface area contributed by atoms with Gasteiger partial charge >= 0.3 is 0 Å². The molecule has 4 rings (SSSR count). The number of fused-ring (bicyclic) bond motifs is 1. The highest BCUT2D eigenvalue weighted by molar-refractivity contribution is 7.80. The number of nitrogens with zero attached hydrogens (tertiary/aromatic N) is 2. The van der Waals surface area contributed by atoms with Gasteiger partial charge in [0.25, 0.3) is 11.8 Å². The standard InChI is InChI=1S/C28H33N3O2S/c1-8-30-24-12-18(4)20(13-22(24)19(5)15-28(30,6)7)14-23-25(32)29-27(34)31(26(23)33)21-10-16(2)9-17(3)11-21/h9-14,19H,8,15H2,1-7H3,(H,29,32,34)/b23-14+/t19-/m1/s1. The molecule has 2 aliphatic heterocycles. The molecule has 0 aliphatic carbocycles. The van der Waals surface area contributed by atoms with Crippen molar-refractivity contribution in [2.45, 2.75) is 66.3 Å². The minimum atomic E-state index is -0.461. The first-order valence-electron chi connectivity index (χ1n) is 11.8. The largest absolute Gasteiger partial charge is 0.366 e. The molecule has 1 atom stereocenters. The molecular weight excluding hydrogens is 442 g/mol. The maximum atomic E-state index is 13.5. The predicted octanol–water partition coefficient (Wildman–Crippen LogP) is 5.56. The molecule has 178 valence electrons. The van der Waals surface area contributed by atoms with E-state index in [1.807, 2.05) is 39.0 Å². The highest BCUT2D eigenvalue weighted by atomic mass is 32.1. The molecule has 34 heavy (non-hydrogen) atoms. The van der Waals surface area contributed by atoms with Crippen LogP contribution in [0.4, 0.5) is 11.4 Å². The lowest BCUT2D eigenvalue weighted by Crippen LogP contribution is -2.54. The summed E-state index contributed by atoms with van der Waals surface area (Å²) in [5.41, 5.74) is 7.28. The van der Waals surface area contributed by atoms with Crippen molar-refractivity contribution < 1.29 is 9.59 Å². The number of amides is 2. The smallest absolute Gasteiger partial charge is 0.270 e. The normalized spacial score (nSPS) is 21.1. The van der Waals surface area contributed by atoms with Gasteiger partial charge in [-0.1, -0.05) is 13.0 Å². The molecule has 2 aromatic carbocycles. The quantitative estimate of drug-likeness (QED) is 0.359. The first kappa shape index (κ1) is 24.1. The van der Waals surface area contributed by atoms with Crippen molar-refractivity contribution in [3.8, 4) is 0 Å². The average molecular weight is 476 g/mol. The third-order valence-electron chi connectivity index (χ3n) is 6.96. The van der Waals surface area contributed by atoms with Gasteiger partial charge in [0.05, 0.1) is 5.69 Å². The molecule has 0 radical (unpaired) electrons. The SMILES string of the molecule is CCN1c2cc(C)c(/C=C3\C(=O)NC(=S)N(c4cc(C)cc(C)c4)C3=O)cc2[C@H](C)CC1(C)C. The highest BCUT2D eigenvalue weighted by Crippen LogP contribution is 2.44. The van der Waals surface area contributed by atoms with E-state index < -0.39 is 11.8 Å². The van der Waals surface area contributed by atoms with Gasteiger partial charge in [0.2, 0.25) is 0 Å². The van der Waals surface area contributed by atoms with Crippen LogP contribution < -0.4 is 15.1 Å². The molecule has 2 aromatic rings. The van der Waals surface area contributed by atoms with Gasteiger partial charge in [-0.05, 0) is 124 Å². The van der Waals surface area contributed by atoms with Crippen LogP contribution in [0.3, 0.4) is 0 Å². The Bertz CT molecular complexity index is 1220. The van der Waals surface area contributed by atoms with Crippen LogP contribution in [-0.2, 0) is 9.59 Å². The lowest BCUT2D eigenvalue weighted by atomic mass is 9.79. The number of rotatable bonds is 3. The maximum absolute atomic E-state index is 13.5. The van der Waals surface area contributed by atoms with Crippen molar-refractivity contribution in [1.82, 2.24) is 5.32 Å². The van der Waals surface area contributed by atoms with E-state index in [2.05, 4.69) is 50.0 Å². The van der Waals surface area contributed by atoms with Crippen molar-refractivity contribution in [1.29, 1.82) is 0 Å². The van der Waals surface area contributed by atoms with Crippen molar-refractivity contribution in [3.05, 3.63) is 63.7 Å². The number of thiocarbonyl (C=S) groups is 1. The van der Waals surface area contributed by atoms with Gasteiger partial charge in [-0.15, -0.1) is 0 Å². The second kappa shape index (κ2) is 8.66. The fourth-order valence-corrected chi connectivity index (χ4v) is 5.81. The summed E-state index contributed by atoms with van der Waals surface area (Å²) >= 11 is 5.38. The number of anilines is 2. The van der Waals surface area contributed by atoms with Crippen molar-refractivity contribution in [2.75, 3.05) is 16.3 Å². The number of hydrogen-bond donors (Lipinski definition) is 1. The zero-order valence-electron chi connectivity index (χ0n) is 21.1. The fourth-order valence-electron chi connectivity index (χ4n) is 5.53. The van der Waals surface area contributed by atoms with E-state index in [1.165, 1.54) is 16.2 Å². The number of aryl methyl sites for hydroxylation is 3. The zero-order valence-corrected chi connectivity index (χ0v) is 21.9. The third kappa shape index (κ3) is 4.16. The average Bonchev–Trinajstić information content (AvgIpc) is 2.70. The van der Waals surface area contributed by atoms with Gasteiger partial charge < -0.3 is 4.90 Å². The monoisotopic (exact) mass is 475 g/mol. The van der Waals surface area contributed by atoms with Crippen molar-refractivity contribution in [3.63, 3.8) is 0 Å². The highest BCUT2D eigenvalue weighted by Gasteiger charge is 2.37. The number of carbonyl (C=O) groups is 2. The van der Waals surface area contributed by atoms with E-state index in [0.29, 0.717) is 11.6 Å². The fraction of sp³-hybridized carbons (Fsp3) is 0.393. The molecule has 0 aromatic heterocycles. The Labute approximate surface area is 207 Å². The Morgan fingerprint density at radius 3 is 2.35 bits per heavy atom. The summed E-state index contributed by atoms with van der Waals surface area (Å²) in [6.45, 7) is 15.9. The van der Waals surface area contributed by atoms with E-state index in [9.17, 15) is 9.59 Å². The van der Waals surface area contributed by atoms with Gasteiger partial charge in [-0.2, -0.15) is 0 Å². The van der Waals surface area contributed by atoms with Crippen LogP contribution in [0.5, 0.6) is 0 Å². The summed E-state index contributed by atoms with van der Waals surface area (Å²) in [6, 6.07) is 10.2. The summed E-state index contributed by atoms with van der Waals surface area (Å²) in [7, 11) is 0. The third-order valence-corrected chi connectivity index (χ3v) is 7.24. The van der Waals surface area contributed by atoms with Crippen LogP contribution in [0.15, 0.2) is 35.9 Å². The van der Waals surface area contributed by atoms with Crippen LogP contribution in [-0.4, -0.2) is 29.0 Å². The molecule has 2 heterocycles. The Hall–Kier alpha value is -2.99. The van der Waals surface area contributed by atoms with E-state index in [0.717, 1.165) is 35.2 Å². The Morgan fingerprint density at radius 2 is 1.74 bits per heavy atom. The van der Waals surface area contributed by atoms with E-state index in [1.54, 1.807) is 6.08 Å². The lowest BCUT2D eigenvalue weighted by Gasteiger charge is -2.47. The summed E-state index contributed by atoms with van der Waals surface area (Å²) in [5.74, 6) is -0.488. The predicted molar refractivity (Wildman–Crippen MR) is 143 cm³/mol. The summed E-state index contributed by atoms with van der Waals surface area (Å²) in [6.07, 6.45) is 2.76. The van der Waals surface area contributed by atoms with Crippen LogP contribution in [0.25, 0.3) is 6.08 Å². The Morgan fingerprint density at radius 1 is 1.09 bits per heavy atom. The Kier molecular flexibility index (Phi) is 6.15. The van der Waals surface area contributed by atoms with Gasteiger partial charge in [0.1, 0.15) is 5.57 Å². The molecule has 0 bridgehead atoms. The number of carbonyl (C=O) groups excluding carboxylic acids is 2. The maximum Gasteiger partial charge on any atom is 0.270 e. The van der Waals surface area contributed by atoms with Gasteiger partial charge in [0.15, 0.2) is 5.11 Å². The summed E-state index contributed by atoms with van der Waals surface area (Å²) < 4.78 is 0. The molecule has 1 saturated heterocycles. The number of benzene rings is 2. The first-order valence-corrected chi connectivity index (χ1v) is 12.3. The van der Waals surface area contributed by atoms with Crippen LogP contribution in [0.2, 0.25) is 0 Å². The van der Waals surface area contributed by atoms with Gasteiger partial charge in [0, 0.05) is 17.8 Å². The van der Waals surface area contributed by atoms with Crippen LogP contribution in [0, 0.1) is 20.8 Å². The topological polar surface area (TPSA) is 52.7 Å². The molecule has 0 saturated carbocycles. The van der Waals surface area contributed by atoms with E-state index in [-0.39, 0.29) is 16.2 Å². The minimum Gasteiger partial charge on any atom is -0.366 e. The van der Waals surface area contributed by atoms with Crippen LogP contribution in [0.1, 0.15) is 67.9 Å². The summed E-state index contributed by atoms with van der Waals surface area (Å²) in [4.78, 5) is 30.2. The molecule has 2 amide bonds. The zero-order chi connectivity index (χ0) is 24.9. The molecule has 5 nitrogen and oxygen atoms in total. The van der Waals surface area contributed by atoms with Gasteiger partial charge in [-0.3, -0.25) is 19.8 Å². The molecule has 0 unspecified atom stereocenters.